The van der Waals surface area contributed by atoms with Crippen LogP contribution >= 0.6 is 15.8 Å². The van der Waals surface area contributed by atoms with Crippen LogP contribution in [0.2, 0.25) is 0 Å². The van der Waals surface area contributed by atoms with Crippen molar-refractivity contribution in [2.24, 2.45) is 9.98 Å². The molecule has 0 aliphatic heterocycles. The Morgan fingerprint density at radius 3 is 0.857 bits per heavy atom. The maximum atomic E-state index is 7.32. The average molecular weight is 897 g/mol. The molecule has 0 bridgehead atoms. The van der Waals surface area contributed by atoms with Gasteiger partial charge in [-0.15, -0.1) is 0 Å². The number of hydrogen-bond acceptors (Lipinski definition) is 4. The standard InChI is InChI=1S/C52H42N2P2.2C2H3N.Fe/c1-7-23-41(24-8-1)51(53-39-43-27-19-21-37-49(43)55(45-29-11-3-12-30-45)46-31-13-4-14-32-46)52(42-25-9-2-10-26-42)54-40-44-28-20-22-38-50(44)56(47-33-15-5-16-34-47)48-35-17-6-18-36-48;2*1-2-3;/h1-40,51-52H;2*1H3;/p+2. The summed E-state index contributed by atoms with van der Waals surface area (Å²) in [6.45, 7) is 2.86. The Bertz CT molecular complexity index is 2420. The van der Waals surface area contributed by atoms with Gasteiger partial charge in [-0.2, -0.15) is 10.5 Å². The summed E-state index contributed by atoms with van der Waals surface area (Å²) < 4.78 is 0. The fraction of sp³-hybridized carbons (Fsp3) is 0.0714. The first-order valence-corrected chi connectivity index (χ1v) is 23.6. The SMILES string of the molecule is C(=NC(c1ccccc1)C(N=Cc1ccccc1[PH+](c1ccccc1)c1ccccc1)c1ccccc1)c1ccccc1[PH+](c1ccccc1)c1ccccc1.CC#N.CC#N.[Fe]. The second kappa shape index (κ2) is 26.1. The van der Waals surface area contributed by atoms with Crippen LogP contribution in [0.3, 0.4) is 0 Å². The smallest absolute Gasteiger partial charge is 0.111 e. The summed E-state index contributed by atoms with van der Waals surface area (Å²) >= 11 is 0. The van der Waals surface area contributed by atoms with E-state index in [-0.39, 0.29) is 29.2 Å². The van der Waals surface area contributed by atoms with Gasteiger partial charge in [-0.05, 0) is 83.9 Å². The monoisotopic (exact) mass is 896 g/mol. The molecule has 0 heterocycles. The van der Waals surface area contributed by atoms with Crippen molar-refractivity contribution in [2.45, 2.75) is 25.9 Å². The minimum absolute atomic E-state index is 0. The molecule has 0 amide bonds. The molecule has 0 saturated carbocycles. The van der Waals surface area contributed by atoms with E-state index >= 15 is 0 Å². The molecule has 0 aliphatic carbocycles. The number of aliphatic imine (C=N–C) groups is 2. The molecular formula is C56H50FeN4P2+2. The van der Waals surface area contributed by atoms with E-state index in [1.807, 2.05) is 0 Å². The van der Waals surface area contributed by atoms with Crippen LogP contribution in [-0.2, 0) is 17.1 Å². The number of benzene rings is 8. The van der Waals surface area contributed by atoms with Crippen molar-refractivity contribution in [2.75, 3.05) is 0 Å². The maximum absolute atomic E-state index is 7.32. The van der Waals surface area contributed by atoms with Gasteiger partial charge in [0.2, 0.25) is 0 Å². The van der Waals surface area contributed by atoms with Gasteiger partial charge in [-0.3, -0.25) is 9.98 Å². The van der Waals surface area contributed by atoms with Crippen molar-refractivity contribution in [1.29, 1.82) is 10.5 Å². The first-order chi connectivity index (χ1) is 30.7. The molecular weight excluding hydrogens is 846 g/mol. The predicted octanol–water partition coefficient (Wildman–Crippen LogP) is 10.7. The summed E-state index contributed by atoms with van der Waals surface area (Å²) in [4.78, 5) is 11.0. The zero-order valence-electron chi connectivity index (χ0n) is 35.4. The van der Waals surface area contributed by atoms with Gasteiger partial charge in [-0.1, -0.05) is 158 Å². The van der Waals surface area contributed by atoms with Gasteiger partial charge in [0.15, 0.2) is 0 Å². The van der Waals surface area contributed by atoms with Crippen LogP contribution in [0.4, 0.5) is 0 Å². The van der Waals surface area contributed by atoms with E-state index < -0.39 is 15.8 Å². The van der Waals surface area contributed by atoms with E-state index in [9.17, 15) is 0 Å². The largest absolute Gasteiger partial charge is 0.282 e. The molecule has 0 aliphatic rings. The van der Waals surface area contributed by atoms with Crippen LogP contribution in [-0.4, -0.2) is 12.4 Å². The normalized spacial score (nSPS) is 11.5. The Morgan fingerprint density at radius 1 is 0.365 bits per heavy atom. The van der Waals surface area contributed by atoms with Gasteiger partial charge in [0, 0.05) is 54.5 Å². The van der Waals surface area contributed by atoms with E-state index in [1.54, 1.807) is 12.1 Å². The predicted molar refractivity (Wildman–Crippen MR) is 269 cm³/mol. The molecule has 8 aromatic rings. The quantitative estimate of drug-likeness (QED) is 0.0657. The molecule has 63 heavy (non-hydrogen) atoms. The molecule has 8 rings (SSSR count). The van der Waals surface area contributed by atoms with E-state index in [0.717, 1.165) is 22.3 Å². The van der Waals surface area contributed by atoms with E-state index in [4.69, 9.17) is 20.5 Å². The van der Waals surface area contributed by atoms with Gasteiger partial charge in [0.1, 0.15) is 43.9 Å². The fourth-order valence-corrected chi connectivity index (χ4v) is 12.8. The maximum Gasteiger partial charge on any atom is 0.111 e. The average Bonchev–Trinajstić information content (AvgIpc) is 3.33. The van der Waals surface area contributed by atoms with Crippen LogP contribution in [0, 0.1) is 22.7 Å². The Balaban J connectivity index is 0.00000101. The Kier molecular flexibility index (Phi) is 19.6. The van der Waals surface area contributed by atoms with Crippen LogP contribution in [0.15, 0.2) is 241 Å². The van der Waals surface area contributed by atoms with Crippen molar-refractivity contribution in [3.63, 3.8) is 0 Å². The van der Waals surface area contributed by atoms with Gasteiger partial charge < -0.3 is 0 Å². The molecule has 0 saturated heterocycles. The third-order valence-corrected chi connectivity index (χ3v) is 15.7. The molecule has 0 N–H and O–H groups in total. The van der Waals surface area contributed by atoms with Crippen LogP contribution in [0.25, 0.3) is 0 Å². The number of nitriles is 2. The molecule has 4 nitrogen and oxygen atoms in total. The van der Waals surface area contributed by atoms with E-state index in [1.165, 1.54) is 45.7 Å². The summed E-state index contributed by atoms with van der Waals surface area (Å²) in [5, 5.41) is 22.7. The van der Waals surface area contributed by atoms with Gasteiger partial charge in [0.25, 0.3) is 0 Å². The minimum atomic E-state index is -1.31. The molecule has 0 spiro atoms. The molecule has 310 valence electrons. The zero-order valence-corrected chi connectivity index (χ0v) is 38.5. The Hall–Kier alpha value is -6.54. The third-order valence-electron chi connectivity index (χ3n) is 10.0. The van der Waals surface area contributed by atoms with Gasteiger partial charge in [-0.25, -0.2) is 0 Å². The minimum Gasteiger partial charge on any atom is -0.282 e. The molecule has 2 unspecified atom stereocenters. The van der Waals surface area contributed by atoms with Crippen LogP contribution in [0.5, 0.6) is 0 Å². The molecule has 0 aromatic heterocycles. The topological polar surface area (TPSA) is 72.3 Å². The third kappa shape index (κ3) is 13.2. The van der Waals surface area contributed by atoms with Crippen molar-refractivity contribution in [3.8, 4) is 12.1 Å². The summed E-state index contributed by atoms with van der Waals surface area (Å²) in [6, 6.07) is 85.5. The molecule has 2 atom stereocenters. The Labute approximate surface area is 386 Å². The second-order valence-corrected chi connectivity index (χ2v) is 19.0. The second-order valence-electron chi connectivity index (χ2n) is 14.1. The molecule has 0 fully saturated rings. The number of nitrogens with zero attached hydrogens (tertiary/aromatic N) is 4. The van der Waals surface area contributed by atoms with Crippen LogP contribution in [0.1, 0.15) is 48.2 Å². The van der Waals surface area contributed by atoms with Crippen molar-refractivity contribution < 1.29 is 17.1 Å². The summed E-state index contributed by atoms with van der Waals surface area (Å²) in [6.07, 6.45) is 4.21. The fourth-order valence-electron chi connectivity index (χ4n) is 7.37. The summed E-state index contributed by atoms with van der Waals surface area (Å²) in [7, 11) is -2.62. The first kappa shape index (κ1) is 47.5. The molecule has 0 radical (unpaired) electrons. The molecule has 8 aromatic carbocycles. The van der Waals surface area contributed by atoms with Gasteiger partial charge >= 0.3 is 0 Å². The van der Waals surface area contributed by atoms with Gasteiger partial charge in [0.05, 0.1) is 28.0 Å². The van der Waals surface area contributed by atoms with Crippen molar-refractivity contribution in [3.05, 3.63) is 253 Å². The Morgan fingerprint density at radius 2 is 0.587 bits per heavy atom. The first-order valence-electron chi connectivity index (χ1n) is 20.6. The van der Waals surface area contributed by atoms with Crippen molar-refractivity contribution >= 4 is 60.1 Å². The van der Waals surface area contributed by atoms with Crippen molar-refractivity contribution in [1.82, 2.24) is 0 Å². The number of hydrogen-bond donors (Lipinski definition) is 0. The van der Waals surface area contributed by atoms with E-state index in [0.29, 0.717) is 0 Å². The summed E-state index contributed by atoms with van der Waals surface area (Å²) in [5.41, 5.74) is 4.51. The van der Waals surface area contributed by atoms with Crippen LogP contribution < -0.4 is 31.8 Å². The summed E-state index contributed by atoms with van der Waals surface area (Å²) in [5.74, 6) is 0. The number of rotatable bonds is 13. The molecule has 7 heteroatoms. The van der Waals surface area contributed by atoms with E-state index in [2.05, 4.69) is 243 Å². The zero-order chi connectivity index (χ0) is 43.2.